The summed E-state index contributed by atoms with van der Waals surface area (Å²) in [4.78, 5) is 41.5. The van der Waals surface area contributed by atoms with E-state index in [2.05, 4.69) is 10.2 Å². The van der Waals surface area contributed by atoms with Gasteiger partial charge >= 0.3 is 12.1 Å². The third-order valence-corrected chi connectivity index (χ3v) is 4.87. The SMILES string of the molecule is CN(C)C[C@H](NC(=O)OCC1c2ccccc2-c2ccccc21)C(=O)NOCC(=O)O. The van der Waals surface area contributed by atoms with Crippen molar-refractivity contribution in [1.29, 1.82) is 0 Å². The molecule has 1 atom stereocenters. The van der Waals surface area contributed by atoms with Crippen molar-refractivity contribution in [1.82, 2.24) is 15.7 Å². The largest absolute Gasteiger partial charge is 0.479 e. The van der Waals surface area contributed by atoms with Gasteiger partial charge in [-0.2, -0.15) is 0 Å². The average Bonchev–Trinajstić information content (AvgIpc) is 3.05. The molecule has 0 aliphatic heterocycles. The second-order valence-corrected chi connectivity index (χ2v) is 7.43. The molecule has 0 aromatic heterocycles. The first kappa shape index (κ1) is 22.3. The van der Waals surface area contributed by atoms with Crippen molar-refractivity contribution < 1.29 is 29.1 Å². The van der Waals surface area contributed by atoms with E-state index in [1.165, 1.54) is 0 Å². The Kier molecular flexibility index (Phi) is 7.22. The highest BCUT2D eigenvalue weighted by Gasteiger charge is 2.30. The number of nitrogens with zero attached hydrogens (tertiary/aromatic N) is 1. The van der Waals surface area contributed by atoms with Crippen LogP contribution in [0.1, 0.15) is 17.0 Å². The van der Waals surface area contributed by atoms with Crippen LogP contribution in [0.5, 0.6) is 0 Å². The number of carboxylic acid groups (broad SMARTS) is 1. The van der Waals surface area contributed by atoms with Gasteiger partial charge in [-0.05, 0) is 36.3 Å². The minimum absolute atomic E-state index is 0.0989. The highest BCUT2D eigenvalue weighted by atomic mass is 16.7. The fourth-order valence-electron chi connectivity index (χ4n) is 3.58. The minimum atomic E-state index is -1.23. The zero-order valence-corrected chi connectivity index (χ0v) is 17.3. The first-order valence-corrected chi connectivity index (χ1v) is 9.76. The second kappa shape index (κ2) is 10.1. The van der Waals surface area contributed by atoms with Crippen LogP contribution in [0.3, 0.4) is 0 Å². The van der Waals surface area contributed by atoms with Crippen molar-refractivity contribution in [2.75, 3.05) is 33.9 Å². The lowest BCUT2D eigenvalue weighted by Gasteiger charge is -2.22. The molecule has 3 rings (SSSR count). The number of hydroxylamine groups is 1. The summed E-state index contributed by atoms with van der Waals surface area (Å²) >= 11 is 0. The highest BCUT2D eigenvalue weighted by Crippen LogP contribution is 2.44. The maximum atomic E-state index is 12.4. The molecule has 3 N–H and O–H groups in total. The number of aliphatic carboxylic acids is 1. The number of carbonyl (C=O) groups is 3. The Balaban J connectivity index is 1.62. The predicted octanol–water partition coefficient (Wildman–Crippen LogP) is 1.59. The molecule has 1 aliphatic carbocycles. The number of ether oxygens (including phenoxy) is 1. The Morgan fingerprint density at radius 2 is 1.61 bits per heavy atom. The number of carbonyl (C=O) groups excluding carboxylic acids is 2. The summed E-state index contributed by atoms with van der Waals surface area (Å²) in [6, 6.07) is 15.0. The summed E-state index contributed by atoms with van der Waals surface area (Å²) < 4.78 is 5.46. The molecule has 0 unspecified atom stereocenters. The van der Waals surface area contributed by atoms with E-state index in [-0.39, 0.29) is 19.1 Å². The fourth-order valence-corrected chi connectivity index (χ4v) is 3.58. The maximum absolute atomic E-state index is 12.4. The van der Waals surface area contributed by atoms with Crippen LogP contribution < -0.4 is 10.8 Å². The number of rotatable bonds is 9. The molecular weight excluding hydrogens is 402 g/mol. The van der Waals surface area contributed by atoms with Gasteiger partial charge in [0.05, 0.1) is 0 Å². The Morgan fingerprint density at radius 1 is 1.03 bits per heavy atom. The highest BCUT2D eigenvalue weighted by molar-refractivity contribution is 5.85. The van der Waals surface area contributed by atoms with Crippen LogP contribution in [0.25, 0.3) is 11.1 Å². The average molecular weight is 427 g/mol. The van der Waals surface area contributed by atoms with Crippen molar-refractivity contribution in [3.63, 3.8) is 0 Å². The molecule has 0 radical (unpaired) electrons. The minimum Gasteiger partial charge on any atom is -0.479 e. The number of nitrogens with one attached hydrogen (secondary N) is 2. The first-order chi connectivity index (χ1) is 14.9. The van der Waals surface area contributed by atoms with Crippen LogP contribution in [-0.4, -0.2) is 67.9 Å². The van der Waals surface area contributed by atoms with Crippen LogP contribution in [0.15, 0.2) is 48.5 Å². The van der Waals surface area contributed by atoms with E-state index in [1.807, 2.05) is 54.0 Å². The zero-order chi connectivity index (χ0) is 22.4. The standard InChI is InChI=1S/C22H25N3O6/c1-25(2)11-19(21(28)24-31-13-20(26)27)23-22(29)30-12-18-16-9-5-3-7-14(16)15-8-4-6-10-17(15)18/h3-10,18-19H,11-13H2,1-2H3,(H,23,29)(H,24,28)(H,26,27)/t19-/m0/s1. The van der Waals surface area contributed by atoms with Gasteiger partial charge in [-0.1, -0.05) is 48.5 Å². The van der Waals surface area contributed by atoms with Gasteiger partial charge in [0.2, 0.25) is 0 Å². The summed E-state index contributed by atoms with van der Waals surface area (Å²) in [5.74, 6) is -2.00. The van der Waals surface area contributed by atoms with E-state index >= 15 is 0 Å². The van der Waals surface area contributed by atoms with E-state index in [0.29, 0.717) is 0 Å². The van der Waals surface area contributed by atoms with Gasteiger partial charge in [0.15, 0.2) is 6.61 Å². The molecule has 31 heavy (non-hydrogen) atoms. The first-order valence-electron chi connectivity index (χ1n) is 9.76. The van der Waals surface area contributed by atoms with Gasteiger partial charge in [0.1, 0.15) is 12.6 Å². The normalized spacial score (nSPS) is 13.3. The van der Waals surface area contributed by atoms with Gasteiger partial charge in [0, 0.05) is 12.5 Å². The molecule has 0 bridgehead atoms. The summed E-state index contributed by atoms with van der Waals surface area (Å²) in [6.45, 7) is -0.399. The zero-order valence-electron chi connectivity index (χ0n) is 17.3. The fraction of sp³-hybridized carbons (Fsp3) is 0.318. The molecule has 2 amide bonds. The quantitative estimate of drug-likeness (QED) is 0.520. The third-order valence-electron chi connectivity index (χ3n) is 4.87. The molecular formula is C22H25N3O6. The van der Waals surface area contributed by atoms with Crippen molar-refractivity contribution in [2.45, 2.75) is 12.0 Å². The van der Waals surface area contributed by atoms with E-state index in [1.54, 1.807) is 19.0 Å². The van der Waals surface area contributed by atoms with Crippen LogP contribution in [0, 0.1) is 0 Å². The second-order valence-electron chi connectivity index (χ2n) is 7.43. The van der Waals surface area contributed by atoms with Gasteiger partial charge in [-0.15, -0.1) is 0 Å². The number of likely N-dealkylation sites (N-methyl/N-ethyl adjacent to an activating group) is 1. The van der Waals surface area contributed by atoms with Crippen molar-refractivity contribution in [3.05, 3.63) is 59.7 Å². The molecule has 0 spiro atoms. The molecule has 1 aliphatic rings. The van der Waals surface area contributed by atoms with Crippen molar-refractivity contribution in [3.8, 4) is 11.1 Å². The maximum Gasteiger partial charge on any atom is 0.407 e. The Morgan fingerprint density at radius 3 is 2.16 bits per heavy atom. The van der Waals surface area contributed by atoms with Crippen LogP contribution >= 0.6 is 0 Å². The Hall–Kier alpha value is -3.43. The summed E-state index contributed by atoms with van der Waals surface area (Å²) in [7, 11) is 3.47. The number of hydrogen-bond acceptors (Lipinski definition) is 6. The monoisotopic (exact) mass is 427 g/mol. The molecule has 9 heteroatoms. The third kappa shape index (κ3) is 5.59. The van der Waals surface area contributed by atoms with Crippen LogP contribution in [0.4, 0.5) is 4.79 Å². The van der Waals surface area contributed by atoms with E-state index in [9.17, 15) is 14.4 Å². The molecule has 9 nitrogen and oxygen atoms in total. The number of benzene rings is 2. The lowest BCUT2D eigenvalue weighted by atomic mass is 9.98. The number of carboxylic acids is 1. The van der Waals surface area contributed by atoms with Crippen LogP contribution in [-0.2, 0) is 19.2 Å². The van der Waals surface area contributed by atoms with Gasteiger partial charge in [0.25, 0.3) is 5.91 Å². The predicted molar refractivity (Wildman–Crippen MR) is 112 cm³/mol. The summed E-state index contributed by atoms with van der Waals surface area (Å²) in [5, 5.41) is 11.1. The summed E-state index contributed by atoms with van der Waals surface area (Å²) in [6.07, 6.45) is -0.748. The lowest BCUT2D eigenvalue weighted by Crippen LogP contribution is -2.52. The molecule has 2 aromatic carbocycles. The van der Waals surface area contributed by atoms with Crippen molar-refractivity contribution in [2.24, 2.45) is 0 Å². The molecule has 0 fully saturated rings. The van der Waals surface area contributed by atoms with Crippen LogP contribution in [0.2, 0.25) is 0 Å². The smallest absolute Gasteiger partial charge is 0.407 e. The molecule has 0 heterocycles. The Bertz CT molecular complexity index is 916. The van der Waals surface area contributed by atoms with E-state index < -0.39 is 30.6 Å². The topological polar surface area (TPSA) is 117 Å². The van der Waals surface area contributed by atoms with E-state index in [0.717, 1.165) is 22.3 Å². The van der Waals surface area contributed by atoms with E-state index in [4.69, 9.17) is 9.84 Å². The number of fused-ring (bicyclic) bond motifs is 3. The van der Waals surface area contributed by atoms with Gasteiger partial charge in [-0.3, -0.25) is 9.63 Å². The number of amides is 2. The molecule has 0 saturated heterocycles. The summed E-state index contributed by atoms with van der Waals surface area (Å²) in [5.41, 5.74) is 6.44. The molecule has 0 saturated carbocycles. The Labute approximate surface area is 179 Å². The molecule has 164 valence electrons. The number of alkyl carbamates (subject to hydrolysis) is 1. The van der Waals surface area contributed by atoms with Crippen molar-refractivity contribution >= 4 is 18.0 Å². The number of hydrogen-bond donors (Lipinski definition) is 3. The lowest BCUT2D eigenvalue weighted by molar-refractivity contribution is -0.150. The molecule has 2 aromatic rings. The van der Waals surface area contributed by atoms with Gasteiger partial charge in [-0.25, -0.2) is 15.1 Å². The van der Waals surface area contributed by atoms with Gasteiger partial charge < -0.3 is 20.1 Å².